The first kappa shape index (κ1) is 13.9. The van der Waals surface area contributed by atoms with E-state index in [9.17, 15) is 13.2 Å². The predicted molar refractivity (Wildman–Crippen MR) is 40.2 cm³/mol. The fourth-order valence-corrected chi connectivity index (χ4v) is 0.0781. The number of carbonyl (C=O) groups is 1. The van der Waals surface area contributed by atoms with Gasteiger partial charge in [0.25, 0.3) is 10.1 Å². The van der Waals surface area contributed by atoms with Gasteiger partial charge in [-0.2, -0.15) is 8.42 Å². The number of hydrogen-bond acceptors (Lipinski definition) is 5. The number of aliphatic hydroxyl groups is 1. The van der Waals surface area contributed by atoms with E-state index in [0.717, 1.165) is 0 Å². The minimum Gasteiger partial charge on any atom is -0.480 e. The predicted octanol–water partition coefficient (Wildman–Crippen LogP) is -2.11. The molecule has 0 radical (unpaired) electrons. The number of aliphatic hydroxyl groups excluding tert-OH is 1. The van der Waals surface area contributed by atoms with Crippen LogP contribution in [0.1, 0.15) is 0 Å². The Labute approximate surface area is 69.6 Å². The normalized spacial score (nSPS) is 12.7. The van der Waals surface area contributed by atoms with E-state index in [0.29, 0.717) is 6.26 Å². The van der Waals surface area contributed by atoms with Gasteiger partial charge in [-0.15, -0.1) is 0 Å². The Morgan fingerprint density at radius 2 is 1.83 bits per heavy atom. The zero-order valence-corrected chi connectivity index (χ0v) is 7.15. The van der Waals surface area contributed by atoms with Gasteiger partial charge in [0.15, 0.2) is 0 Å². The molecule has 0 fully saturated rings. The van der Waals surface area contributed by atoms with Gasteiger partial charge in [-0.05, 0) is 0 Å². The van der Waals surface area contributed by atoms with Crippen molar-refractivity contribution in [2.24, 2.45) is 5.73 Å². The van der Waals surface area contributed by atoms with E-state index in [-0.39, 0.29) is 0 Å². The third-order valence-electron chi connectivity index (χ3n) is 0.514. The molecule has 5 N–H and O–H groups in total. The number of hydrogen-bond donors (Lipinski definition) is 4. The molecule has 0 saturated carbocycles. The van der Waals surface area contributed by atoms with Crippen LogP contribution < -0.4 is 5.73 Å². The number of aliphatic carboxylic acids is 1. The van der Waals surface area contributed by atoms with Crippen molar-refractivity contribution in [1.82, 2.24) is 0 Å². The Kier molecular flexibility index (Phi) is 6.80. The van der Waals surface area contributed by atoms with Crippen molar-refractivity contribution in [3.05, 3.63) is 0 Å². The smallest absolute Gasteiger partial charge is 0.322 e. The minimum atomic E-state index is -3.67. The number of carboxylic acids is 1. The van der Waals surface area contributed by atoms with E-state index in [4.69, 9.17) is 20.5 Å². The van der Waals surface area contributed by atoms with E-state index < -0.39 is 28.7 Å². The molecule has 0 saturated heterocycles. The molecule has 12 heavy (non-hydrogen) atoms. The summed E-state index contributed by atoms with van der Waals surface area (Å²) in [5, 5.41) is 15.9. The second-order valence-electron chi connectivity index (χ2n) is 1.86. The lowest BCUT2D eigenvalue weighted by Crippen LogP contribution is -2.33. The Morgan fingerprint density at radius 1 is 1.58 bits per heavy atom. The molecule has 0 aliphatic rings. The van der Waals surface area contributed by atoms with Crippen molar-refractivity contribution in [2.75, 3.05) is 12.9 Å². The molecule has 0 heterocycles. The molecule has 0 bridgehead atoms. The Bertz CT molecular complexity index is 214. The van der Waals surface area contributed by atoms with Crippen molar-refractivity contribution < 1.29 is 28.0 Å². The minimum absolute atomic E-state index is 0.505. The largest absolute Gasteiger partial charge is 0.480 e. The number of rotatable bonds is 2. The van der Waals surface area contributed by atoms with Gasteiger partial charge in [-0.25, -0.2) is 0 Å². The van der Waals surface area contributed by atoms with E-state index in [1.165, 1.54) is 0 Å². The van der Waals surface area contributed by atoms with Crippen molar-refractivity contribution >= 4 is 16.1 Å². The Morgan fingerprint density at radius 3 is 1.83 bits per heavy atom. The van der Waals surface area contributed by atoms with Crippen LogP contribution in [0, 0.1) is 0 Å². The topological polar surface area (TPSA) is 138 Å². The van der Waals surface area contributed by atoms with Crippen LogP contribution in [0.15, 0.2) is 0 Å². The first-order valence-electron chi connectivity index (χ1n) is 2.70. The summed E-state index contributed by atoms with van der Waals surface area (Å²) < 4.78 is 25.9. The van der Waals surface area contributed by atoms with Crippen molar-refractivity contribution in [3.63, 3.8) is 0 Å². The third-order valence-corrected chi connectivity index (χ3v) is 0.514. The molecule has 8 heteroatoms. The zero-order valence-electron chi connectivity index (χ0n) is 6.34. The fraction of sp³-hybridized carbons (Fsp3) is 0.750. The van der Waals surface area contributed by atoms with E-state index in [1.807, 2.05) is 0 Å². The number of nitrogens with two attached hydrogens (primary N) is 1. The van der Waals surface area contributed by atoms with Gasteiger partial charge in [0.1, 0.15) is 6.04 Å². The summed E-state index contributed by atoms with van der Waals surface area (Å²) in [7, 11) is -3.67. The first-order valence-corrected chi connectivity index (χ1v) is 4.55. The summed E-state index contributed by atoms with van der Waals surface area (Å²) in [6.07, 6.45) is 0.715. The molecule has 0 aliphatic heterocycles. The summed E-state index contributed by atoms with van der Waals surface area (Å²) in [5.74, 6) is -1.18. The average molecular weight is 201 g/mol. The molecule has 0 amide bonds. The second kappa shape index (κ2) is 5.89. The molecule has 0 aromatic carbocycles. The van der Waals surface area contributed by atoms with E-state index >= 15 is 0 Å². The van der Waals surface area contributed by atoms with Crippen LogP contribution in [-0.2, 0) is 14.9 Å². The maximum Gasteiger partial charge on any atom is 0.322 e. The fourth-order valence-electron chi connectivity index (χ4n) is 0.0781. The molecule has 0 rings (SSSR count). The van der Waals surface area contributed by atoms with E-state index in [1.54, 1.807) is 0 Å². The molecule has 0 aromatic rings. The molecular formula is C4H11NO6S. The van der Waals surface area contributed by atoms with Crippen LogP contribution in [0.25, 0.3) is 0 Å². The van der Waals surface area contributed by atoms with Gasteiger partial charge in [-0.1, -0.05) is 0 Å². The number of carboxylic acid groups (broad SMARTS) is 1. The SMILES string of the molecule is CS(=O)(=O)O.N[C@@H](CO)C(=O)O. The van der Waals surface area contributed by atoms with Gasteiger partial charge in [-0.3, -0.25) is 9.35 Å². The van der Waals surface area contributed by atoms with Crippen molar-refractivity contribution in [1.29, 1.82) is 0 Å². The zero-order chi connectivity index (χ0) is 10.4. The monoisotopic (exact) mass is 201 g/mol. The van der Waals surface area contributed by atoms with Gasteiger partial charge >= 0.3 is 5.97 Å². The Balaban J connectivity index is 0. The summed E-state index contributed by atoms with van der Waals surface area (Å²) >= 11 is 0. The molecule has 0 spiro atoms. The maximum absolute atomic E-state index is 9.65. The van der Waals surface area contributed by atoms with Crippen molar-refractivity contribution in [2.45, 2.75) is 6.04 Å². The summed E-state index contributed by atoms with van der Waals surface area (Å²) in [6, 6.07) is -1.13. The Hall–Kier alpha value is -0.700. The van der Waals surface area contributed by atoms with Crippen LogP contribution in [-0.4, -0.2) is 48.1 Å². The second-order valence-corrected chi connectivity index (χ2v) is 3.33. The van der Waals surface area contributed by atoms with Crippen LogP contribution in [0.3, 0.4) is 0 Å². The van der Waals surface area contributed by atoms with Crippen LogP contribution in [0.2, 0.25) is 0 Å². The molecular weight excluding hydrogens is 190 g/mol. The molecule has 7 nitrogen and oxygen atoms in total. The van der Waals surface area contributed by atoms with Gasteiger partial charge in [0, 0.05) is 0 Å². The van der Waals surface area contributed by atoms with Crippen LogP contribution in [0.5, 0.6) is 0 Å². The lowest BCUT2D eigenvalue weighted by Gasteiger charge is -1.96. The highest BCUT2D eigenvalue weighted by atomic mass is 32.2. The molecule has 0 aromatic heterocycles. The lowest BCUT2D eigenvalue weighted by molar-refractivity contribution is -0.139. The quantitative estimate of drug-likeness (QED) is 0.375. The van der Waals surface area contributed by atoms with Gasteiger partial charge < -0.3 is 15.9 Å². The molecule has 74 valence electrons. The highest BCUT2D eigenvalue weighted by Gasteiger charge is 2.06. The summed E-state index contributed by atoms with van der Waals surface area (Å²) in [4.78, 5) is 9.65. The van der Waals surface area contributed by atoms with E-state index in [2.05, 4.69) is 0 Å². The molecule has 1 atom stereocenters. The average Bonchev–Trinajstić information content (AvgIpc) is 1.82. The first-order chi connectivity index (χ1) is 5.18. The standard InChI is InChI=1S/C3H7NO3.CH4O3S/c4-2(1-5)3(6)7;1-5(2,3)4/h2,5H,1,4H2,(H,6,7);1H3,(H,2,3,4)/t2-;/m0./s1. The van der Waals surface area contributed by atoms with Crippen molar-refractivity contribution in [3.8, 4) is 0 Å². The van der Waals surface area contributed by atoms with Gasteiger partial charge in [0.2, 0.25) is 0 Å². The van der Waals surface area contributed by atoms with Gasteiger partial charge in [0.05, 0.1) is 12.9 Å². The van der Waals surface area contributed by atoms with Crippen LogP contribution >= 0.6 is 0 Å². The highest BCUT2D eigenvalue weighted by Crippen LogP contribution is 1.71. The van der Waals surface area contributed by atoms with Crippen LogP contribution in [0.4, 0.5) is 0 Å². The summed E-state index contributed by atoms with van der Waals surface area (Å²) in [5.41, 5.74) is 4.77. The maximum atomic E-state index is 9.65. The lowest BCUT2D eigenvalue weighted by atomic mass is 10.3. The third kappa shape index (κ3) is 22.8. The highest BCUT2D eigenvalue weighted by molar-refractivity contribution is 7.85. The molecule has 0 unspecified atom stereocenters. The molecule has 0 aliphatic carbocycles. The summed E-state index contributed by atoms with van der Waals surface area (Å²) in [6.45, 7) is -0.505.